The highest BCUT2D eigenvalue weighted by Gasteiger charge is 2.27. The molecule has 0 amide bonds. The molecule has 1 fully saturated rings. The number of nitrogens with one attached hydrogen (secondary N) is 1. The van der Waals surface area contributed by atoms with Gasteiger partial charge in [-0.25, -0.2) is 13.1 Å². The van der Waals surface area contributed by atoms with Gasteiger partial charge in [-0.3, -0.25) is 0 Å². The molecule has 2 rings (SSSR count). The number of benzene rings is 1. The first-order chi connectivity index (χ1) is 10.5. The van der Waals surface area contributed by atoms with E-state index in [0.717, 1.165) is 0 Å². The zero-order valence-electron chi connectivity index (χ0n) is 12.4. The highest BCUT2D eigenvalue weighted by atomic mass is 32.2. The van der Waals surface area contributed by atoms with Gasteiger partial charge in [-0.1, -0.05) is 0 Å². The van der Waals surface area contributed by atoms with E-state index in [2.05, 4.69) is 4.72 Å². The topological polar surface area (TPSA) is 99.4 Å². The predicted octanol–water partition coefficient (Wildman–Crippen LogP) is 1.54. The van der Waals surface area contributed by atoms with Crippen LogP contribution in [0.4, 0.5) is 0 Å². The standard InChI is InChI=1S/C15H20N2O4S/c1-2-21-14-8-3-11(10-16)9-15(14)22(19,20)17-12-4-6-13(18)7-5-12/h3,8-9,12-13,17-18H,2,4-7H2,1H3. The molecule has 120 valence electrons. The highest BCUT2D eigenvalue weighted by Crippen LogP contribution is 2.27. The van der Waals surface area contributed by atoms with Crippen LogP contribution in [0.1, 0.15) is 38.2 Å². The fourth-order valence-electron chi connectivity index (χ4n) is 2.54. The quantitative estimate of drug-likeness (QED) is 0.856. The molecule has 0 aliphatic heterocycles. The average Bonchev–Trinajstić information content (AvgIpc) is 2.50. The Kier molecular flexibility index (Phi) is 5.40. The molecular formula is C15H20N2O4S. The third-order valence-corrected chi connectivity index (χ3v) is 5.22. The summed E-state index contributed by atoms with van der Waals surface area (Å²) in [6.45, 7) is 2.11. The van der Waals surface area contributed by atoms with E-state index >= 15 is 0 Å². The molecule has 0 unspecified atom stereocenters. The lowest BCUT2D eigenvalue weighted by atomic mass is 9.94. The molecule has 1 aromatic carbocycles. The summed E-state index contributed by atoms with van der Waals surface area (Å²) >= 11 is 0. The van der Waals surface area contributed by atoms with E-state index < -0.39 is 10.0 Å². The summed E-state index contributed by atoms with van der Waals surface area (Å²) in [6, 6.07) is 6.09. The number of nitriles is 1. The first kappa shape index (κ1) is 16.7. The minimum atomic E-state index is -3.77. The lowest BCUT2D eigenvalue weighted by molar-refractivity contribution is 0.120. The van der Waals surface area contributed by atoms with Crippen LogP contribution in [0, 0.1) is 11.3 Å². The molecule has 2 N–H and O–H groups in total. The predicted molar refractivity (Wildman–Crippen MR) is 80.9 cm³/mol. The SMILES string of the molecule is CCOc1ccc(C#N)cc1S(=O)(=O)NC1CCC(O)CC1. The van der Waals surface area contributed by atoms with Crippen molar-refractivity contribution >= 4 is 10.0 Å². The number of aliphatic hydroxyl groups is 1. The van der Waals surface area contributed by atoms with Gasteiger partial charge in [0.1, 0.15) is 10.6 Å². The van der Waals surface area contributed by atoms with Crippen molar-refractivity contribution in [3.05, 3.63) is 23.8 Å². The van der Waals surface area contributed by atoms with Crippen molar-refractivity contribution in [3.63, 3.8) is 0 Å². The first-order valence-electron chi connectivity index (χ1n) is 7.33. The van der Waals surface area contributed by atoms with Gasteiger partial charge in [0, 0.05) is 6.04 Å². The summed E-state index contributed by atoms with van der Waals surface area (Å²) in [7, 11) is -3.77. The fourth-order valence-corrected chi connectivity index (χ4v) is 4.01. The molecule has 0 saturated heterocycles. The molecule has 1 aliphatic carbocycles. The minimum absolute atomic E-state index is 0.0143. The van der Waals surface area contributed by atoms with Crippen LogP contribution in [0.15, 0.2) is 23.1 Å². The van der Waals surface area contributed by atoms with E-state index in [1.54, 1.807) is 6.92 Å². The van der Waals surface area contributed by atoms with Gasteiger partial charge in [0.25, 0.3) is 0 Å². The van der Waals surface area contributed by atoms with Crippen molar-refractivity contribution in [3.8, 4) is 11.8 Å². The van der Waals surface area contributed by atoms with Gasteiger partial charge in [0.15, 0.2) is 0 Å². The van der Waals surface area contributed by atoms with Crippen molar-refractivity contribution in [1.29, 1.82) is 5.26 Å². The maximum absolute atomic E-state index is 12.6. The largest absolute Gasteiger partial charge is 0.492 e. The Morgan fingerprint density at radius 2 is 2.05 bits per heavy atom. The second-order valence-electron chi connectivity index (χ2n) is 5.33. The van der Waals surface area contributed by atoms with Crippen LogP contribution in [0.2, 0.25) is 0 Å². The Morgan fingerprint density at radius 1 is 1.36 bits per heavy atom. The van der Waals surface area contributed by atoms with Gasteiger partial charge in [0.05, 0.1) is 24.3 Å². The second-order valence-corrected chi connectivity index (χ2v) is 7.02. The molecule has 0 aromatic heterocycles. The normalized spacial score (nSPS) is 22.0. The monoisotopic (exact) mass is 324 g/mol. The van der Waals surface area contributed by atoms with E-state index in [1.165, 1.54) is 18.2 Å². The minimum Gasteiger partial charge on any atom is -0.492 e. The Labute approximate surface area is 130 Å². The summed E-state index contributed by atoms with van der Waals surface area (Å²) in [5, 5.41) is 18.5. The number of rotatable bonds is 5. The maximum atomic E-state index is 12.6. The number of aliphatic hydroxyl groups excluding tert-OH is 1. The third-order valence-electron chi connectivity index (χ3n) is 3.68. The Hall–Kier alpha value is -1.62. The van der Waals surface area contributed by atoms with Crippen LogP contribution < -0.4 is 9.46 Å². The van der Waals surface area contributed by atoms with Gasteiger partial charge >= 0.3 is 0 Å². The highest BCUT2D eigenvalue weighted by molar-refractivity contribution is 7.89. The van der Waals surface area contributed by atoms with Crippen LogP contribution in [0.3, 0.4) is 0 Å². The zero-order chi connectivity index (χ0) is 16.2. The molecular weight excluding hydrogens is 304 g/mol. The Morgan fingerprint density at radius 3 is 2.64 bits per heavy atom. The number of hydrogen-bond acceptors (Lipinski definition) is 5. The lowest BCUT2D eigenvalue weighted by Gasteiger charge is -2.26. The maximum Gasteiger partial charge on any atom is 0.244 e. The fraction of sp³-hybridized carbons (Fsp3) is 0.533. The van der Waals surface area contributed by atoms with Gasteiger partial charge in [-0.05, 0) is 50.8 Å². The van der Waals surface area contributed by atoms with Crippen LogP contribution in [-0.4, -0.2) is 32.3 Å². The number of nitrogens with zero attached hydrogens (tertiary/aromatic N) is 1. The third kappa shape index (κ3) is 3.97. The Bertz CT molecular complexity index is 659. The van der Waals surface area contributed by atoms with Crippen molar-refractivity contribution in [2.75, 3.05) is 6.61 Å². The van der Waals surface area contributed by atoms with Crippen LogP contribution >= 0.6 is 0 Å². The van der Waals surface area contributed by atoms with Gasteiger partial charge in [-0.15, -0.1) is 0 Å². The molecule has 0 radical (unpaired) electrons. The molecule has 6 nitrogen and oxygen atoms in total. The molecule has 7 heteroatoms. The van der Waals surface area contributed by atoms with E-state index in [4.69, 9.17) is 10.00 Å². The van der Waals surface area contributed by atoms with Gasteiger partial charge < -0.3 is 9.84 Å². The molecule has 1 aliphatic rings. The number of hydrogen-bond donors (Lipinski definition) is 2. The zero-order valence-corrected chi connectivity index (χ0v) is 13.3. The molecule has 1 aromatic rings. The summed E-state index contributed by atoms with van der Waals surface area (Å²) in [5.41, 5.74) is 0.267. The molecule has 0 spiro atoms. The van der Waals surface area contributed by atoms with Crippen molar-refractivity contribution in [1.82, 2.24) is 4.72 Å². The van der Waals surface area contributed by atoms with E-state index in [1.807, 2.05) is 6.07 Å². The van der Waals surface area contributed by atoms with E-state index in [9.17, 15) is 13.5 Å². The molecule has 0 atom stereocenters. The van der Waals surface area contributed by atoms with Crippen molar-refractivity contribution in [2.24, 2.45) is 0 Å². The number of ether oxygens (including phenoxy) is 1. The molecule has 1 saturated carbocycles. The summed E-state index contributed by atoms with van der Waals surface area (Å²) < 4.78 is 33.2. The Balaban J connectivity index is 2.26. The number of sulfonamides is 1. The van der Waals surface area contributed by atoms with Crippen LogP contribution in [-0.2, 0) is 10.0 Å². The summed E-state index contributed by atoms with van der Waals surface area (Å²) in [5.74, 6) is 0.241. The molecule has 22 heavy (non-hydrogen) atoms. The van der Waals surface area contributed by atoms with Crippen molar-refractivity contribution in [2.45, 2.75) is 49.6 Å². The average molecular weight is 324 g/mol. The summed E-state index contributed by atoms with van der Waals surface area (Å²) in [6.07, 6.45) is 2.03. The van der Waals surface area contributed by atoms with E-state index in [0.29, 0.717) is 32.3 Å². The first-order valence-corrected chi connectivity index (χ1v) is 8.82. The van der Waals surface area contributed by atoms with Crippen LogP contribution in [0.5, 0.6) is 5.75 Å². The van der Waals surface area contributed by atoms with Gasteiger partial charge in [-0.2, -0.15) is 5.26 Å². The van der Waals surface area contributed by atoms with E-state index in [-0.39, 0.29) is 28.4 Å². The second kappa shape index (κ2) is 7.09. The lowest BCUT2D eigenvalue weighted by Crippen LogP contribution is -2.38. The van der Waals surface area contributed by atoms with Crippen molar-refractivity contribution < 1.29 is 18.3 Å². The van der Waals surface area contributed by atoms with Gasteiger partial charge in [0.2, 0.25) is 10.0 Å². The smallest absolute Gasteiger partial charge is 0.244 e. The summed E-state index contributed by atoms with van der Waals surface area (Å²) in [4.78, 5) is -0.0143. The molecule has 0 bridgehead atoms. The van der Waals surface area contributed by atoms with Crippen LogP contribution in [0.25, 0.3) is 0 Å². The molecule has 0 heterocycles.